The van der Waals surface area contributed by atoms with Crippen molar-refractivity contribution in [1.82, 2.24) is 15.6 Å². The molecule has 0 saturated heterocycles. The summed E-state index contributed by atoms with van der Waals surface area (Å²) in [6.45, 7) is 9.78. The molecular weight excluding hydrogens is 423 g/mol. The maximum absolute atomic E-state index is 5.55. The highest BCUT2D eigenvalue weighted by molar-refractivity contribution is 14.0. The zero-order valence-corrected chi connectivity index (χ0v) is 17.9. The Morgan fingerprint density at radius 2 is 2.00 bits per heavy atom. The third kappa shape index (κ3) is 11.7. The van der Waals surface area contributed by atoms with Crippen LogP contribution in [0.4, 0.5) is 0 Å². The minimum absolute atomic E-state index is 0. The van der Waals surface area contributed by atoms with E-state index in [-0.39, 0.29) is 24.0 Å². The van der Waals surface area contributed by atoms with Gasteiger partial charge < -0.3 is 15.4 Å². The van der Waals surface area contributed by atoms with Gasteiger partial charge in [-0.2, -0.15) is 0 Å². The quantitative estimate of drug-likeness (QED) is 0.247. The highest BCUT2D eigenvalue weighted by Gasteiger charge is 2.00. The van der Waals surface area contributed by atoms with Crippen LogP contribution in [0.1, 0.15) is 37.4 Å². The molecule has 0 aromatic carbocycles. The fourth-order valence-corrected chi connectivity index (χ4v) is 2.70. The largest absolute Gasteiger partial charge is 0.381 e. The number of ether oxygens (including phenoxy) is 1. The summed E-state index contributed by atoms with van der Waals surface area (Å²) in [5.74, 6) is 1.46. The van der Waals surface area contributed by atoms with Gasteiger partial charge in [0.1, 0.15) is 0 Å². The summed E-state index contributed by atoms with van der Waals surface area (Å²) >= 11 is 1.74. The molecule has 0 amide bonds. The summed E-state index contributed by atoms with van der Waals surface area (Å²) in [4.78, 5) is 8.69. The van der Waals surface area contributed by atoms with Crippen LogP contribution in [0.25, 0.3) is 0 Å². The lowest BCUT2D eigenvalue weighted by molar-refractivity contribution is 0.108. The van der Waals surface area contributed by atoms with E-state index < -0.39 is 0 Å². The number of hydrogen-bond acceptors (Lipinski definition) is 4. The monoisotopic (exact) mass is 454 g/mol. The summed E-state index contributed by atoms with van der Waals surface area (Å²) in [6, 6.07) is 0. The van der Waals surface area contributed by atoms with E-state index in [0.717, 1.165) is 57.2 Å². The second-order valence-electron chi connectivity index (χ2n) is 5.73. The Morgan fingerprint density at radius 1 is 1.30 bits per heavy atom. The predicted molar refractivity (Wildman–Crippen MR) is 110 cm³/mol. The molecule has 7 heteroatoms. The molecule has 0 fully saturated rings. The van der Waals surface area contributed by atoms with Gasteiger partial charge in [-0.25, -0.2) is 4.98 Å². The Balaban J connectivity index is 0.00000484. The normalized spacial score (nSPS) is 11.4. The number of aromatic nitrogens is 1. The summed E-state index contributed by atoms with van der Waals surface area (Å²) in [5, 5.41) is 9.95. The molecule has 0 atom stereocenters. The molecular formula is C16H31IN4OS. The van der Waals surface area contributed by atoms with E-state index in [9.17, 15) is 0 Å². The molecule has 0 radical (unpaired) electrons. The van der Waals surface area contributed by atoms with E-state index in [1.165, 1.54) is 5.01 Å². The first-order valence-corrected chi connectivity index (χ1v) is 8.93. The molecule has 2 N–H and O–H groups in total. The molecule has 1 aromatic heterocycles. The second kappa shape index (κ2) is 14.0. The fraction of sp³-hybridized carbons (Fsp3) is 0.750. The van der Waals surface area contributed by atoms with Gasteiger partial charge in [-0.05, 0) is 25.7 Å². The molecule has 1 rings (SSSR count). The molecule has 0 aliphatic carbocycles. The molecule has 5 nitrogen and oxygen atoms in total. The van der Waals surface area contributed by atoms with Crippen molar-refractivity contribution in [1.29, 1.82) is 0 Å². The first-order chi connectivity index (χ1) is 10.6. The first kappa shape index (κ1) is 22.6. The van der Waals surface area contributed by atoms with Gasteiger partial charge in [0.25, 0.3) is 0 Å². The lowest BCUT2D eigenvalue weighted by Gasteiger charge is -2.12. The van der Waals surface area contributed by atoms with Crippen LogP contribution in [-0.4, -0.2) is 44.3 Å². The fourth-order valence-electron chi connectivity index (χ4n) is 1.88. The molecule has 0 bridgehead atoms. The topological polar surface area (TPSA) is 58.5 Å². The van der Waals surface area contributed by atoms with E-state index >= 15 is 0 Å². The van der Waals surface area contributed by atoms with E-state index in [1.54, 1.807) is 18.4 Å². The van der Waals surface area contributed by atoms with Gasteiger partial charge in [-0.15, -0.1) is 35.3 Å². The third-order valence-corrected chi connectivity index (χ3v) is 3.99. The summed E-state index contributed by atoms with van der Waals surface area (Å²) in [6.07, 6.45) is 3.07. The van der Waals surface area contributed by atoms with E-state index in [4.69, 9.17) is 4.74 Å². The zero-order chi connectivity index (χ0) is 16.2. The van der Waals surface area contributed by atoms with Crippen LogP contribution < -0.4 is 10.6 Å². The number of aryl methyl sites for hydroxylation is 2. The Kier molecular flexibility index (Phi) is 13.7. The number of rotatable bonds is 10. The predicted octanol–water partition coefficient (Wildman–Crippen LogP) is 3.23. The van der Waals surface area contributed by atoms with E-state index in [2.05, 4.69) is 39.8 Å². The molecule has 1 aromatic rings. The van der Waals surface area contributed by atoms with Gasteiger partial charge in [-0.3, -0.25) is 4.99 Å². The number of guanidine groups is 1. The zero-order valence-electron chi connectivity index (χ0n) is 14.7. The van der Waals surface area contributed by atoms with Crippen molar-refractivity contribution in [3.63, 3.8) is 0 Å². The van der Waals surface area contributed by atoms with Crippen LogP contribution in [0.5, 0.6) is 0 Å². The third-order valence-electron chi connectivity index (χ3n) is 2.96. The highest BCUT2D eigenvalue weighted by Crippen LogP contribution is 2.10. The van der Waals surface area contributed by atoms with Crippen molar-refractivity contribution in [2.24, 2.45) is 10.9 Å². The molecule has 134 valence electrons. The van der Waals surface area contributed by atoms with Crippen LogP contribution in [0.15, 0.2) is 10.4 Å². The number of nitrogens with zero attached hydrogens (tertiary/aromatic N) is 2. The molecule has 0 saturated carbocycles. The van der Waals surface area contributed by atoms with Crippen LogP contribution in [0.3, 0.4) is 0 Å². The average molecular weight is 454 g/mol. The molecule has 0 aliphatic heterocycles. The van der Waals surface area contributed by atoms with Crippen LogP contribution >= 0.6 is 35.3 Å². The van der Waals surface area contributed by atoms with Gasteiger partial charge in [0.15, 0.2) is 5.96 Å². The standard InChI is InChI=1S/C16H30N4OS.HI/c1-13(2)11-21-10-6-9-19-16(17-4)18-8-5-7-15-20-14(3)12-22-15;/h12-13H,5-11H2,1-4H3,(H2,17,18,19);1H. The van der Waals surface area contributed by atoms with Crippen molar-refractivity contribution < 1.29 is 4.74 Å². The van der Waals surface area contributed by atoms with Crippen molar-refractivity contribution in [3.05, 3.63) is 16.1 Å². The van der Waals surface area contributed by atoms with Crippen molar-refractivity contribution in [3.8, 4) is 0 Å². The molecule has 23 heavy (non-hydrogen) atoms. The number of hydrogen-bond donors (Lipinski definition) is 2. The van der Waals surface area contributed by atoms with Crippen molar-refractivity contribution >= 4 is 41.3 Å². The molecule has 0 unspecified atom stereocenters. The van der Waals surface area contributed by atoms with E-state index in [0.29, 0.717) is 5.92 Å². The Hall–Kier alpha value is -0.410. The SMILES string of the molecule is CN=C(NCCCOCC(C)C)NCCCc1nc(C)cs1.I. The van der Waals surface area contributed by atoms with Gasteiger partial charge in [0.05, 0.1) is 5.01 Å². The molecule has 0 spiro atoms. The van der Waals surface area contributed by atoms with Crippen LogP contribution in [-0.2, 0) is 11.2 Å². The minimum Gasteiger partial charge on any atom is -0.381 e. The minimum atomic E-state index is 0. The van der Waals surface area contributed by atoms with Gasteiger partial charge >= 0.3 is 0 Å². The average Bonchev–Trinajstić information content (AvgIpc) is 2.90. The summed E-state index contributed by atoms with van der Waals surface area (Å²) < 4.78 is 5.55. The van der Waals surface area contributed by atoms with Crippen molar-refractivity contribution in [2.75, 3.05) is 33.4 Å². The first-order valence-electron chi connectivity index (χ1n) is 8.05. The maximum Gasteiger partial charge on any atom is 0.190 e. The van der Waals surface area contributed by atoms with Crippen LogP contribution in [0.2, 0.25) is 0 Å². The summed E-state index contributed by atoms with van der Waals surface area (Å²) in [5.41, 5.74) is 1.12. The van der Waals surface area contributed by atoms with Crippen LogP contribution in [0, 0.1) is 12.8 Å². The summed E-state index contributed by atoms with van der Waals surface area (Å²) in [7, 11) is 1.80. The number of thiazole rings is 1. The second-order valence-corrected chi connectivity index (χ2v) is 6.68. The smallest absolute Gasteiger partial charge is 0.190 e. The lowest BCUT2D eigenvalue weighted by Crippen LogP contribution is -2.38. The Bertz CT molecular complexity index is 437. The Labute approximate surface area is 161 Å². The van der Waals surface area contributed by atoms with E-state index in [1.807, 2.05) is 6.92 Å². The van der Waals surface area contributed by atoms with Crippen molar-refractivity contribution in [2.45, 2.75) is 40.0 Å². The maximum atomic E-state index is 5.55. The lowest BCUT2D eigenvalue weighted by atomic mass is 10.2. The molecule has 0 aliphatic rings. The number of halogens is 1. The molecule has 1 heterocycles. The van der Waals surface area contributed by atoms with Gasteiger partial charge in [0.2, 0.25) is 0 Å². The Morgan fingerprint density at radius 3 is 2.57 bits per heavy atom. The van der Waals surface area contributed by atoms with Gasteiger partial charge in [0, 0.05) is 50.8 Å². The number of nitrogens with one attached hydrogen (secondary N) is 2. The number of aliphatic imine (C=N–C) groups is 1. The van der Waals surface area contributed by atoms with Gasteiger partial charge in [-0.1, -0.05) is 13.8 Å². The highest BCUT2D eigenvalue weighted by atomic mass is 127.